The van der Waals surface area contributed by atoms with E-state index >= 15 is 0 Å². The van der Waals surface area contributed by atoms with Crippen LogP contribution in [0.25, 0.3) is 0 Å². The van der Waals surface area contributed by atoms with Crippen LogP contribution in [0.4, 0.5) is 10.1 Å². The molecule has 0 saturated heterocycles. The molecular formula is C13H11ClFNO. The van der Waals surface area contributed by atoms with Gasteiger partial charge in [0, 0.05) is 11.3 Å². The van der Waals surface area contributed by atoms with E-state index in [0.29, 0.717) is 11.3 Å². The molecule has 2 rings (SSSR count). The summed E-state index contributed by atoms with van der Waals surface area (Å²) in [4.78, 5) is 11.7. The minimum absolute atomic E-state index is 0. The number of nitrogens with one attached hydrogen (secondary N) is 1. The lowest BCUT2D eigenvalue weighted by atomic mass is 10.2. The smallest absolute Gasteiger partial charge is 0.255 e. The van der Waals surface area contributed by atoms with Crippen molar-refractivity contribution in [2.75, 3.05) is 5.32 Å². The summed E-state index contributed by atoms with van der Waals surface area (Å²) in [6.07, 6.45) is 0. The van der Waals surface area contributed by atoms with E-state index in [1.807, 2.05) is 6.07 Å². The van der Waals surface area contributed by atoms with E-state index in [1.165, 1.54) is 12.1 Å². The van der Waals surface area contributed by atoms with Crippen molar-refractivity contribution in [2.45, 2.75) is 0 Å². The molecule has 17 heavy (non-hydrogen) atoms. The van der Waals surface area contributed by atoms with Crippen LogP contribution in [0.15, 0.2) is 54.6 Å². The van der Waals surface area contributed by atoms with Crippen molar-refractivity contribution >= 4 is 24.0 Å². The topological polar surface area (TPSA) is 29.1 Å². The fourth-order valence-electron chi connectivity index (χ4n) is 1.36. The Morgan fingerprint density at radius 3 is 2.35 bits per heavy atom. The number of amides is 1. The lowest BCUT2D eigenvalue weighted by molar-refractivity contribution is 0.102. The van der Waals surface area contributed by atoms with Gasteiger partial charge in [-0.05, 0) is 30.3 Å². The molecule has 0 unspecified atom stereocenters. The minimum atomic E-state index is -0.370. The molecule has 2 aromatic carbocycles. The van der Waals surface area contributed by atoms with Crippen LogP contribution in [0.2, 0.25) is 0 Å². The predicted molar refractivity (Wildman–Crippen MR) is 68.0 cm³/mol. The lowest BCUT2D eigenvalue weighted by Crippen LogP contribution is -2.11. The number of benzene rings is 2. The van der Waals surface area contributed by atoms with Gasteiger partial charge in [-0.15, -0.1) is 12.4 Å². The minimum Gasteiger partial charge on any atom is -0.322 e. The number of hydrogen-bond donors (Lipinski definition) is 1. The summed E-state index contributed by atoms with van der Waals surface area (Å²) in [6, 6.07) is 14.6. The molecule has 1 amide bonds. The second-order valence-electron chi connectivity index (χ2n) is 3.33. The van der Waals surface area contributed by atoms with E-state index in [4.69, 9.17) is 0 Å². The number of hydrogen-bond acceptors (Lipinski definition) is 1. The third-order valence-corrected chi connectivity index (χ3v) is 2.12. The highest BCUT2D eigenvalue weighted by Gasteiger charge is 2.04. The molecule has 4 heteroatoms. The van der Waals surface area contributed by atoms with Gasteiger partial charge in [0.1, 0.15) is 5.82 Å². The number of carbonyl (C=O) groups excluding carboxylic acids is 1. The Hall–Kier alpha value is -1.87. The molecule has 0 aromatic heterocycles. The van der Waals surface area contributed by atoms with Crippen LogP contribution in [0.5, 0.6) is 0 Å². The highest BCUT2D eigenvalue weighted by molar-refractivity contribution is 6.04. The van der Waals surface area contributed by atoms with E-state index in [0.717, 1.165) is 0 Å². The predicted octanol–water partition coefficient (Wildman–Crippen LogP) is 3.50. The zero-order chi connectivity index (χ0) is 11.4. The van der Waals surface area contributed by atoms with Gasteiger partial charge in [-0.2, -0.15) is 0 Å². The van der Waals surface area contributed by atoms with Gasteiger partial charge in [-0.1, -0.05) is 24.3 Å². The van der Waals surface area contributed by atoms with E-state index in [2.05, 4.69) is 5.32 Å². The highest BCUT2D eigenvalue weighted by atomic mass is 35.5. The molecule has 0 saturated carbocycles. The van der Waals surface area contributed by atoms with Gasteiger partial charge in [0.25, 0.3) is 5.91 Å². The van der Waals surface area contributed by atoms with Gasteiger partial charge in [0.2, 0.25) is 0 Å². The van der Waals surface area contributed by atoms with Crippen LogP contribution in [-0.4, -0.2) is 5.91 Å². The summed E-state index contributed by atoms with van der Waals surface area (Å²) < 4.78 is 12.9. The average molecular weight is 252 g/mol. The normalized spacial score (nSPS) is 9.24. The van der Waals surface area contributed by atoms with Crippen molar-refractivity contribution in [3.8, 4) is 0 Å². The first-order valence-corrected chi connectivity index (χ1v) is 4.88. The molecule has 0 fully saturated rings. The SMILES string of the molecule is Cl.O=C(Nc1cccc(F)c1)c1ccccc1. The highest BCUT2D eigenvalue weighted by Crippen LogP contribution is 2.10. The third-order valence-electron chi connectivity index (χ3n) is 2.12. The molecule has 0 heterocycles. The Labute approximate surface area is 105 Å². The molecule has 88 valence electrons. The Morgan fingerprint density at radius 2 is 1.71 bits per heavy atom. The number of rotatable bonds is 2. The van der Waals surface area contributed by atoms with Crippen molar-refractivity contribution in [2.24, 2.45) is 0 Å². The van der Waals surface area contributed by atoms with E-state index < -0.39 is 0 Å². The zero-order valence-corrected chi connectivity index (χ0v) is 9.71. The van der Waals surface area contributed by atoms with Crippen LogP contribution in [0, 0.1) is 5.82 Å². The molecule has 2 aromatic rings. The van der Waals surface area contributed by atoms with E-state index in [1.54, 1.807) is 36.4 Å². The maximum absolute atomic E-state index is 12.9. The third kappa shape index (κ3) is 3.57. The van der Waals surface area contributed by atoms with Crippen LogP contribution < -0.4 is 5.32 Å². The molecule has 0 bridgehead atoms. The fraction of sp³-hybridized carbons (Fsp3) is 0. The largest absolute Gasteiger partial charge is 0.322 e. The Kier molecular flexibility index (Phi) is 4.67. The number of carbonyl (C=O) groups is 1. The maximum atomic E-state index is 12.9. The standard InChI is InChI=1S/C13H10FNO.ClH/c14-11-7-4-8-12(9-11)15-13(16)10-5-2-1-3-6-10;/h1-9H,(H,15,16);1H. The van der Waals surface area contributed by atoms with Crippen molar-refractivity contribution < 1.29 is 9.18 Å². The van der Waals surface area contributed by atoms with Crippen molar-refractivity contribution in [1.29, 1.82) is 0 Å². The Balaban J connectivity index is 0.00000144. The van der Waals surface area contributed by atoms with E-state index in [-0.39, 0.29) is 24.1 Å². The van der Waals surface area contributed by atoms with Gasteiger partial charge < -0.3 is 5.32 Å². The first-order chi connectivity index (χ1) is 7.75. The second-order valence-corrected chi connectivity index (χ2v) is 3.33. The Morgan fingerprint density at radius 1 is 1.00 bits per heavy atom. The molecular weight excluding hydrogens is 241 g/mol. The summed E-state index contributed by atoms with van der Waals surface area (Å²) in [7, 11) is 0. The van der Waals surface area contributed by atoms with Crippen molar-refractivity contribution in [1.82, 2.24) is 0 Å². The van der Waals surface area contributed by atoms with Gasteiger partial charge in [0.15, 0.2) is 0 Å². The zero-order valence-electron chi connectivity index (χ0n) is 8.89. The molecule has 2 nitrogen and oxygen atoms in total. The van der Waals surface area contributed by atoms with Gasteiger partial charge in [-0.25, -0.2) is 4.39 Å². The molecule has 0 spiro atoms. The quantitative estimate of drug-likeness (QED) is 0.870. The number of anilines is 1. The van der Waals surface area contributed by atoms with Crippen LogP contribution in [0.1, 0.15) is 10.4 Å². The molecule has 0 aliphatic rings. The molecule has 0 radical (unpaired) electrons. The van der Waals surface area contributed by atoms with Crippen LogP contribution in [0.3, 0.4) is 0 Å². The lowest BCUT2D eigenvalue weighted by Gasteiger charge is -2.04. The summed E-state index contributed by atoms with van der Waals surface area (Å²) >= 11 is 0. The molecule has 0 aliphatic carbocycles. The Bertz CT molecular complexity index is 502. The monoisotopic (exact) mass is 251 g/mol. The fourth-order valence-corrected chi connectivity index (χ4v) is 1.36. The number of halogens is 2. The summed E-state index contributed by atoms with van der Waals surface area (Å²) in [5.41, 5.74) is 1.00. The summed E-state index contributed by atoms with van der Waals surface area (Å²) in [5, 5.41) is 2.62. The second kappa shape index (κ2) is 6.01. The van der Waals surface area contributed by atoms with Gasteiger partial charge in [0.05, 0.1) is 0 Å². The first-order valence-electron chi connectivity index (χ1n) is 4.88. The van der Waals surface area contributed by atoms with Gasteiger partial charge in [-0.3, -0.25) is 4.79 Å². The van der Waals surface area contributed by atoms with E-state index in [9.17, 15) is 9.18 Å². The maximum Gasteiger partial charge on any atom is 0.255 e. The van der Waals surface area contributed by atoms with Gasteiger partial charge >= 0.3 is 0 Å². The molecule has 0 aliphatic heterocycles. The molecule has 1 N–H and O–H groups in total. The first kappa shape index (κ1) is 13.2. The summed E-state index contributed by atoms with van der Waals surface area (Å²) in [5.74, 6) is -0.614. The van der Waals surface area contributed by atoms with Crippen LogP contribution >= 0.6 is 12.4 Å². The van der Waals surface area contributed by atoms with Crippen molar-refractivity contribution in [3.05, 3.63) is 66.0 Å². The van der Waals surface area contributed by atoms with Crippen molar-refractivity contribution in [3.63, 3.8) is 0 Å². The summed E-state index contributed by atoms with van der Waals surface area (Å²) in [6.45, 7) is 0. The van der Waals surface area contributed by atoms with Crippen LogP contribution in [-0.2, 0) is 0 Å². The molecule has 0 atom stereocenters. The average Bonchev–Trinajstić information content (AvgIpc) is 2.30.